The van der Waals surface area contributed by atoms with Crippen molar-refractivity contribution in [2.45, 2.75) is 18.6 Å². The summed E-state index contributed by atoms with van der Waals surface area (Å²) in [4.78, 5) is 27.2. The molecule has 0 aromatic heterocycles. The van der Waals surface area contributed by atoms with Crippen molar-refractivity contribution in [3.63, 3.8) is 0 Å². The summed E-state index contributed by atoms with van der Waals surface area (Å²) in [5, 5.41) is 11.3. The third kappa shape index (κ3) is 3.80. The van der Waals surface area contributed by atoms with Crippen LogP contribution in [-0.2, 0) is 21.7 Å². The van der Waals surface area contributed by atoms with Crippen LogP contribution in [0.15, 0.2) is 84.9 Å². The number of carbonyl (C=O) groups is 2. The summed E-state index contributed by atoms with van der Waals surface area (Å²) in [7, 11) is 0. The lowest BCUT2D eigenvalue weighted by molar-refractivity contribution is -0.140. The van der Waals surface area contributed by atoms with E-state index in [0.717, 1.165) is 5.56 Å². The van der Waals surface area contributed by atoms with Gasteiger partial charge in [-0.25, -0.2) is 4.39 Å². The first-order valence-corrected chi connectivity index (χ1v) is 9.62. The molecule has 0 saturated carbocycles. The highest BCUT2D eigenvalue weighted by molar-refractivity contribution is 6.10. The molecule has 1 atom stereocenters. The first-order chi connectivity index (χ1) is 14.5. The average Bonchev–Trinajstić information content (AvgIpc) is 2.95. The molecular weight excluding hydrogens is 381 g/mol. The lowest BCUT2D eigenvalue weighted by Crippen LogP contribution is -2.41. The third-order valence-electron chi connectivity index (χ3n) is 5.16. The second-order valence-corrected chi connectivity index (χ2v) is 7.29. The Morgan fingerprint density at radius 1 is 1.00 bits per heavy atom. The van der Waals surface area contributed by atoms with Crippen LogP contribution in [0, 0.1) is 5.82 Å². The number of hydrogen-bond acceptors (Lipinski definition) is 3. The van der Waals surface area contributed by atoms with Gasteiger partial charge in [0.2, 0.25) is 0 Å². The van der Waals surface area contributed by atoms with Crippen LogP contribution in [0.1, 0.15) is 23.1 Å². The normalized spacial score (nSPS) is 18.1. The zero-order valence-electron chi connectivity index (χ0n) is 16.2. The summed E-state index contributed by atoms with van der Waals surface area (Å²) in [6, 6.07) is 22.1. The fourth-order valence-corrected chi connectivity index (χ4v) is 3.72. The Hall–Kier alpha value is -3.57. The van der Waals surface area contributed by atoms with Gasteiger partial charge in [0.25, 0.3) is 5.91 Å². The minimum absolute atomic E-state index is 0.101. The van der Waals surface area contributed by atoms with E-state index < -0.39 is 17.3 Å². The number of halogens is 1. The first kappa shape index (κ1) is 19.7. The zero-order chi connectivity index (χ0) is 21.1. The van der Waals surface area contributed by atoms with Crippen LogP contribution in [0.2, 0.25) is 0 Å². The van der Waals surface area contributed by atoms with Crippen LogP contribution < -0.4 is 4.90 Å². The summed E-state index contributed by atoms with van der Waals surface area (Å²) in [5.74, 6) is -1.35. The van der Waals surface area contributed by atoms with Crippen molar-refractivity contribution in [1.29, 1.82) is 0 Å². The Morgan fingerprint density at radius 3 is 2.50 bits per heavy atom. The van der Waals surface area contributed by atoms with E-state index in [9.17, 15) is 19.1 Å². The van der Waals surface area contributed by atoms with E-state index in [1.807, 2.05) is 30.3 Å². The number of aliphatic hydroxyl groups is 1. The van der Waals surface area contributed by atoms with Gasteiger partial charge in [-0.2, -0.15) is 0 Å². The molecule has 0 fully saturated rings. The molecule has 1 amide bonds. The number of para-hydroxylation sites is 1. The maximum absolute atomic E-state index is 13.6. The maximum Gasteiger partial charge on any atom is 0.264 e. The third-order valence-corrected chi connectivity index (χ3v) is 5.16. The standard InChI is InChI=1S/C25H20FNO3/c26-20-10-6-9-19(15-20)17-27-23-12-5-4-11-22(23)25(30,24(27)29)16-21(28)14-13-18-7-2-1-3-8-18/h1-15,30H,16-17H2/b14-13+/t25-/m1/s1. The van der Waals surface area contributed by atoms with Gasteiger partial charge >= 0.3 is 0 Å². The van der Waals surface area contributed by atoms with Gasteiger partial charge < -0.3 is 10.0 Å². The number of carbonyl (C=O) groups excluding carboxylic acids is 2. The van der Waals surface area contributed by atoms with Crippen LogP contribution >= 0.6 is 0 Å². The summed E-state index contributed by atoms with van der Waals surface area (Å²) in [5.41, 5.74) is 0.394. The number of rotatable bonds is 6. The maximum atomic E-state index is 13.6. The van der Waals surface area contributed by atoms with E-state index in [2.05, 4.69) is 0 Å². The van der Waals surface area contributed by atoms with E-state index >= 15 is 0 Å². The van der Waals surface area contributed by atoms with Crippen LogP contribution in [0.4, 0.5) is 10.1 Å². The Balaban J connectivity index is 1.60. The van der Waals surface area contributed by atoms with E-state index in [-0.39, 0.29) is 18.7 Å². The molecule has 1 N–H and O–H groups in total. The SMILES string of the molecule is O=C(/C=C/c1ccccc1)C[C@]1(O)C(=O)N(Cc2cccc(F)c2)c2ccccc21. The molecule has 0 saturated heterocycles. The number of benzene rings is 3. The number of anilines is 1. The minimum Gasteiger partial charge on any atom is -0.375 e. The van der Waals surface area contributed by atoms with Crippen molar-refractivity contribution in [3.05, 3.63) is 107 Å². The highest BCUT2D eigenvalue weighted by atomic mass is 19.1. The van der Waals surface area contributed by atoms with E-state index in [0.29, 0.717) is 16.8 Å². The van der Waals surface area contributed by atoms with Crippen molar-refractivity contribution in [2.24, 2.45) is 0 Å². The summed E-state index contributed by atoms with van der Waals surface area (Å²) in [6.45, 7) is 0.101. The fourth-order valence-electron chi connectivity index (χ4n) is 3.72. The van der Waals surface area contributed by atoms with Gasteiger partial charge in [-0.3, -0.25) is 9.59 Å². The highest BCUT2D eigenvalue weighted by Crippen LogP contribution is 2.43. The molecule has 4 rings (SSSR count). The second-order valence-electron chi connectivity index (χ2n) is 7.29. The summed E-state index contributed by atoms with van der Waals surface area (Å²) >= 11 is 0. The summed E-state index contributed by atoms with van der Waals surface area (Å²) < 4.78 is 13.6. The zero-order valence-corrected chi connectivity index (χ0v) is 16.2. The largest absolute Gasteiger partial charge is 0.375 e. The smallest absolute Gasteiger partial charge is 0.264 e. The molecule has 5 heteroatoms. The van der Waals surface area contributed by atoms with Gasteiger partial charge in [-0.05, 0) is 35.4 Å². The molecule has 0 bridgehead atoms. The highest BCUT2D eigenvalue weighted by Gasteiger charge is 2.50. The van der Waals surface area contributed by atoms with Gasteiger partial charge in [0.05, 0.1) is 18.7 Å². The first-order valence-electron chi connectivity index (χ1n) is 9.62. The molecule has 150 valence electrons. The monoisotopic (exact) mass is 401 g/mol. The van der Waals surface area contributed by atoms with Crippen LogP contribution in [0.25, 0.3) is 6.08 Å². The number of fused-ring (bicyclic) bond motifs is 1. The molecule has 0 aliphatic carbocycles. The molecule has 0 spiro atoms. The molecule has 1 heterocycles. The lowest BCUT2D eigenvalue weighted by atomic mass is 9.89. The average molecular weight is 401 g/mol. The molecule has 1 aliphatic heterocycles. The predicted molar refractivity (Wildman–Crippen MR) is 113 cm³/mol. The van der Waals surface area contributed by atoms with Crippen LogP contribution in [0.5, 0.6) is 0 Å². The van der Waals surface area contributed by atoms with Gasteiger partial charge in [0, 0.05) is 5.56 Å². The van der Waals surface area contributed by atoms with Crippen molar-refractivity contribution in [3.8, 4) is 0 Å². The van der Waals surface area contributed by atoms with E-state index in [1.54, 1.807) is 42.5 Å². The van der Waals surface area contributed by atoms with Crippen molar-refractivity contribution >= 4 is 23.5 Å². The van der Waals surface area contributed by atoms with E-state index in [4.69, 9.17) is 0 Å². The summed E-state index contributed by atoms with van der Waals surface area (Å²) in [6.07, 6.45) is 2.66. The predicted octanol–water partition coefficient (Wildman–Crippen LogP) is 4.23. The molecule has 1 aliphatic rings. The number of amides is 1. The molecule has 0 unspecified atom stereocenters. The fraction of sp³-hybridized carbons (Fsp3) is 0.120. The Labute approximate surface area is 173 Å². The molecule has 3 aromatic carbocycles. The molecule has 3 aromatic rings. The van der Waals surface area contributed by atoms with Gasteiger partial charge in [-0.1, -0.05) is 66.7 Å². The quantitative estimate of drug-likeness (QED) is 0.629. The van der Waals surface area contributed by atoms with Gasteiger partial charge in [0.15, 0.2) is 11.4 Å². The number of allylic oxidation sites excluding steroid dienone is 1. The Morgan fingerprint density at radius 2 is 1.73 bits per heavy atom. The van der Waals surface area contributed by atoms with E-state index in [1.165, 1.54) is 23.1 Å². The molecular formula is C25H20FNO3. The number of hydrogen-bond donors (Lipinski definition) is 1. The minimum atomic E-state index is -1.96. The van der Waals surface area contributed by atoms with Crippen molar-refractivity contribution < 1.29 is 19.1 Å². The van der Waals surface area contributed by atoms with Gasteiger partial charge in [-0.15, -0.1) is 0 Å². The Kier molecular flexibility index (Phi) is 5.29. The number of ketones is 1. The Bertz CT molecular complexity index is 1130. The molecule has 4 nitrogen and oxygen atoms in total. The molecule has 0 radical (unpaired) electrons. The second kappa shape index (κ2) is 8.05. The topological polar surface area (TPSA) is 57.6 Å². The lowest BCUT2D eigenvalue weighted by Gasteiger charge is -2.22. The van der Waals surface area contributed by atoms with Crippen molar-refractivity contribution in [1.82, 2.24) is 0 Å². The molecule has 30 heavy (non-hydrogen) atoms. The van der Waals surface area contributed by atoms with Crippen LogP contribution in [-0.4, -0.2) is 16.8 Å². The van der Waals surface area contributed by atoms with Crippen LogP contribution in [0.3, 0.4) is 0 Å². The van der Waals surface area contributed by atoms with Crippen molar-refractivity contribution in [2.75, 3.05) is 4.90 Å². The number of nitrogens with zero attached hydrogens (tertiary/aromatic N) is 1. The van der Waals surface area contributed by atoms with Gasteiger partial charge in [0.1, 0.15) is 5.82 Å².